The van der Waals surface area contributed by atoms with Crippen molar-refractivity contribution in [1.82, 2.24) is 10.2 Å². The quantitative estimate of drug-likeness (QED) is 0.725. The van der Waals surface area contributed by atoms with Gasteiger partial charge >= 0.3 is 12.1 Å². The molecule has 5 nitrogen and oxygen atoms in total. The van der Waals surface area contributed by atoms with E-state index in [-0.39, 0.29) is 24.6 Å². The van der Waals surface area contributed by atoms with Gasteiger partial charge in [-0.2, -0.15) is 18.3 Å². The van der Waals surface area contributed by atoms with Crippen LogP contribution >= 0.6 is 0 Å². The van der Waals surface area contributed by atoms with Crippen molar-refractivity contribution < 1.29 is 23.1 Å². The highest BCUT2D eigenvalue weighted by Crippen LogP contribution is 2.43. The van der Waals surface area contributed by atoms with Gasteiger partial charge < -0.3 is 10.8 Å². The number of aromatic nitrogens is 2. The molecular weight excluding hydrogens is 239 g/mol. The van der Waals surface area contributed by atoms with E-state index in [1.165, 1.54) is 0 Å². The molecule has 0 aromatic carbocycles. The predicted octanol–water partition coefficient (Wildman–Crippen LogP) is 0.872. The van der Waals surface area contributed by atoms with Crippen LogP contribution in [0, 0.1) is 0 Å². The number of rotatable bonds is 2. The van der Waals surface area contributed by atoms with Crippen LogP contribution in [0.5, 0.6) is 0 Å². The van der Waals surface area contributed by atoms with Gasteiger partial charge in [-0.25, -0.2) is 0 Å². The van der Waals surface area contributed by atoms with Crippen molar-refractivity contribution in [2.45, 2.75) is 30.5 Å². The maximum atomic E-state index is 12.3. The number of hydrogen-bond acceptors (Lipinski definition) is 3. The zero-order valence-corrected chi connectivity index (χ0v) is 8.58. The van der Waals surface area contributed by atoms with E-state index in [2.05, 4.69) is 10.2 Å². The molecule has 1 aliphatic rings. The van der Waals surface area contributed by atoms with Crippen molar-refractivity contribution in [3.05, 3.63) is 17.5 Å². The zero-order chi connectivity index (χ0) is 12.8. The predicted molar refractivity (Wildman–Crippen MR) is 50.1 cm³/mol. The highest BCUT2D eigenvalue weighted by Gasteiger charge is 2.52. The third-order valence-electron chi connectivity index (χ3n) is 3.01. The Bertz CT molecular complexity index is 449. The monoisotopic (exact) mass is 249 g/mol. The topological polar surface area (TPSA) is 92.0 Å². The molecule has 4 N–H and O–H groups in total. The molecule has 0 radical (unpaired) electrons. The number of aromatic amines is 1. The Morgan fingerprint density at radius 2 is 2.18 bits per heavy atom. The van der Waals surface area contributed by atoms with Gasteiger partial charge in [0.25, 0.3) is 0 Å². The van der Waals surface area contributed by atoms with Crippen LogP contribution < -0.4 is 5.73 Å². The van der Waals surface area contributed by atoms with E-state index in [4.69, 9.17) is 10.8 Å². The molecule has 1 heterocycles. The fourth-order valence-corrected chi connectivity index (χ4v) is 2.06. The Balaban J connectivity index is 2.34. The fourth-order valence-electron chi connectivity index (χ4n) is 2.06. The number of H-pyrrole nitrogens is 1. The van der Waals surface area contributed by atoms with E-state index in [1.54, 1.807) is 0 Å². The lowest BCUT2D eigenvalue weighted by molar-refractivity contribution is -0.148. The number of nitrogens with two attached hydrogens (primary N) is 1. The first-order valence-electron chi connectivity index (χ1n) is 4.88. The van der Waals surface area contributed by atoms with Crippen LogP contribution in [0.15, 0.2) is 6.07 Å². The van der Waals surface area contributed by atoms with Crippen molar-refractivity contribution in [2.24, 2.45) is 5.73 Å². The second-order valence-corrected chi connectivity index (χ2v) is 4.22. The van der Waals surface area contributed by atoms with Crippen molar-refractivity contribution in [3.8, 4) is 0 Å². The molecule has 1 saturated carbocycles. The van der Waals surface area contributed by atoms with Gasteiger partial charge in [0.1, 0.15) is 5.41 Å². The third kappa shape index (κ3) is 1.78. The third-order valence-corrected chi connectivity index (χ3v) is 3.01. The normalized spacial score (nSPS) is 28.8. The van der Waals surface area contributed by atoms with Crippen molar-refractivity contribution >= 4 is 5.97 Å². The van der Waals surface area contributed by atoms with Crippen LogP contribution in [0.3, 0.4) is 0 Å². The Kier molecular flexibility index (Phi) is 2.42. The molecule has 1 aromatic rings. The SMILES string of the molecule is NC1CC(C(=O)O)(c2cc(C(F)(F)F)n[nH]2)C1. The number of halogens is 3. The van der Waals surface area contributed by atoms with Gasteiger partial charge in [0, 0.05) is 6.04 Å². The smallest absolute Gasteiger partial charge is 0.435 e. The summed E-state index contributed by atoms with van der Waals surface area (Å²) in [5, 5.41) is 14.3. The molecule has 94 valence electrons. The van der Waals surface area contributed by atoms with Crippen molar-refractivity contribution in [1.29, 1.82) is 0 Å². The zero-order valence-electron chi connectivity index (χ0n) is 8.58. The van der Waals surface area contributed by atoms with Gasteiger partial charge in [-0.1, -0.05) is 0 Å². The number of alkyl halides is 3. The second-order valence-electron chi connectivity index (χ2n) is 4.22. The first kappa shape index (κ1) is 11.9. The molecule has 1 fully saturated rings. The van der Waals surface area contributed by atoms with Crippen LogP contribution in [0.1, 0.15) is 24.2 Å². The number of carboxylic acid groups (broad SMARTS) is 1. The van der Waals surface area contributed by atoms with Crippen molar-refractivity contribution in [2.75, 3.05) is 0 Å². The van der Waals surface area contributed by atoms with E-state index < -0.39 is 23.3 Å². The largest absolute Gasteiger partial charge is 0.481 e. The van der Waals surface area contributed by atoms with Crippen LogP contribution in [-0.4, -0.2) is 27.3 Å². The van der Waals surface area contributed by atoms with Gasteiger partial charge in [-0.3, -0.25) is 9.89 Å². The van der Waals surface area contributed by atoms with E-state index in [0.717, 1.165) is 6.07 Å². The molecule has 0 unspecified atom stereocenters. The molecule has 2 rings (SSSR count). The van der Waals surface area contributed by atoms with Gasteiger partial charge in [-0.05, 0) is 18.9 Å². The molecule has 0 bridgehead atoms. The lowest BCUT2D eigenvalue weighted by Gasteiger charge is -2.41. The minimum Gasteiger partial charge on any atom is -0.481 e. The Morgan fingerprint density at radius 1 is 1.59 bits per heavy atom. The second kappa shape index (κ2) is 3.46. The summed E-state index contributed by atoms with van der Waals surface area (Å²) in [6.45, 7) is 0. The standard InChI is InChI=1S/C9H10F3N3O2/c10-9(11,12)6-1-5(14-15-6)8(7(16)17)2-4(13)3-8/h1,4H,2-3,13H2,(H,14,15)(H,16,17). The average molecular weight is 249 g/mol. The van der Waals surface area contributed by atoms with E-state index >= 15 is 0 Å². The van der Waals surface area contributed by atoms with E-state index in [0.29, 0.717) is 0 Å². The molecular formula is C9H10F3N3O2. The van der Waals surface area contributed by atoms with E-state index in [1.807, 2.05) is 0 Å². The Morgan fingerprint density at radius 3 is 2.53 bits per heavy atom. The Hall–Kier alpha value is -1.57. The summed E-state index contributed by atoms with van der Waals surface area (Å²) in [5.74, 6) is -1.18. The van der Waals surface area contributed by atoms with Gasteiger partial charge in [-0.15, -0.1) is 0 Å². The summed E-state index contributed by atoms with van der Waals surface area (Å²) in [7, 11) is 0. The number of hydrogen-bond donors (Lipinski definition) is 3. The minimum absolute atomic E-state index is 0.0426. The molecule has 1 aliphatic carbocycles. The van der Waals surface area contributed by atoms with Crippen LogP contribution in [0.2, 0.25) is 0 Å². The maximum absolute atomic E-state index is 12.3. The molecule has 17 heavy (non-hydrogen) atoms. The Labute approximate surface area is 93.8 Å². The van der Waals surface area contributed by atoms with Crippen LogP contribution in [0.4, 0.5) is 13.2 Å². The summed E-state index contributed by atoms with van der Waals surface area (Å²) in [4.78, 5) is 11.1. The lowest BCUT2D eigenvalue weighted by Crippen LogP contribution is -2.54. The molecule has 0 atom stereocenters. The highest BCUT2D eigenvalue weighted by atomic mass is 19.4. The molecule has 0 saturated heterocycles. The van der Waals surface area contributed by atoms with Crippen LogP contribution in [-0.2, 0) is 16.4 Å². The van der Waals surface area contributed by atoms with Crippen molar-refractivity contribution in [3.63, 3.8) is 0 Å². The molecule has 0 amide bonds. The number of carbonyl (C=O) groups is 1. The number of nitrogens with one attached hydrogen (secondary N) is 1. The highest BCUT2D eigenvalue weighted by molar-refractivity contribution is 5.82. The van der Waals surface area contributed by atoms with Gasteiger partial charge in [0.05, 0.1) is 5.69 Å². The van der Waals surface area contributed by atoms with Gasteiger partial charge in [0.15, 0.2) is 5.69 Å². The first-order valence-corrected chi connectivity index (χ1v) is 4.88. The van der Waals surface area contributed by atoms with Gasteiger partial charge in [0.2, 0.25) is 0 Å². The molecule has 0 aliphatic heterocycles. The summed E-state index contributed by atoms with van der Waals surface area (Å²) < 4.78 is 37.0. The first-order chi connectivity index (χ1) is 7.75. The number of aliphatic carboxylic acids is 1. The number of carboxylic acids is 1. The molecule has 1 aromatic heterocycles. The van der Waals surface area contributed by atoms with E-state index in [9.17, 15) is 18.0 Å². The molecule has 0 spiro atoms. The summed E-state index contributed by atoms with van der Waals surface area (Å²) in [6.07, 6.45) is -4.36. The lowest BCUT2D eigenvalue weighted by atomic mass is 9.64. The summed E-state index contributed by atoms with van der Waals surface area (Å²) in [5.41, 5.74) is 2.99. The van der Waals surface area contributed by atoms with Crippen LogP contribution in [0.25, 0.3) is 0 Å². The number of nitrogens with zero attached hydrogens (tertiary/aromatic N) is 1. The fraction of sp³-hybridized carbons (Fsp3) is 0.556. The maximum Gasteiger partial charge on any atom is 0.435 e. The average Bonchev–Trinajstić information content (AvgIpc) is 2.59. The minimum atomic E-state index is -4.58. The molecule has 8 heteroatoms. The summed E-state index contributed by atoms with van der Waals surface area (Å²) in [6, 6.07) is 0.434. The summed E-state index contributed by atoms with van der Waals surface area (Å²) >= 11 is 0.